The highest BCUT2D eigenvalue weighted by Crippen LogP contribution is 2.38. The van der Waals surface area contributed by atoms with Crippen molar-refractivity contribution >= 4 is 17.3 Å². The number of hydrogen-bond donors (Lipinski definition) is 1. The number of hydrogen-bond acceptors (Lipinski definition) is 4. The van der Waals surface area contributed by atoms with Crippen LogP contribution in [0.5, 0.6) is 0 Å². The molecular formula is C14H22N2O2S. The van der Waals surface area contributed by atoms with E-state index in [1.165, 1.54) is 0 Å². The van der Waals surface area contributed by atoms with E-state index in [1.54, 1.807) is 11.3 Å². The van der Waals surface area contributed by atoms with Crippen molar-refractivity contribution in [1.82, 2.24) is 9.88 Å². The standard InChI is InChI=1S/C14H22N2O2S/c1-3-5-14(13(17)18)6-4-8-16(10-14)11(2)12-15-7-9-19-12/h7,9,11H,3-6,8,10H2,1-2H3,(H,17,18). The van der Waals surface area contributed by atoms with Crippen molar-refractivity contribution in [3.05, 3.63) is 16.6 Å². The third-order valence-corrected chi connectivity index (χ3v) is 5.09. The topological polar surface area (TPSA) is 53.4 Å². The maximum Gasteiger partial charge on any atom is 0.310 e. The molecule has 1 aromatic heterocycles. The number of likely N-dealkylation sites (tertiary alicyclic amines) is 1. The minimum atomic E-state index is -0.634. The monoisotopic (exact) mass is 282 g/mol. The van der Waals surface area contributed by atoms with Crippen LogP contribution in [0.3, 0.4) is 0 Å². The number of rotatable bonds is 5. The van der Waals surface area contributed by atoms with Crippen LogP contribution in [0.1, 0.15) is 50.6 Å². The normalized spacial score (nSPS) is 26.2. The Morgan fingerprint density at radius 3 is 3.05 bits per heavy atom. The first-order valence-corrected chi connectivity index (χ1v) is 7.84. The van der Waals surface area contributed by atoms with Crippen molar-refractivity contribution in [2.45, 2.75) is 45.6 Å². The van der Waals surface area contributed by atoms with E-state index < -0.39 is 11.4 Å². The van der Waals surface area contributed by atoms with Crippen molar-refractivity contribution in [2.24, 2.45) is 5.41 Å². The highest BCUT2D eigenvalue weighted by molar-refractivity contribution is 7.09. The number of nitrogens with zero attached hydrogens (tertiary/aromatic N) is 2. The van der Waals surface area contributed by atoms with Crippen LogP contribution in [0.2, 0.25) is 0 Å². The van der Waals surface area contributed by atoms with Crippen LogP contribution in [0.25, 0.3) is 0 Å². The molecule has 2 atom stereocenters. The summed E-state index contributed by atoms with van der Waals surface area (Å²) in [5.74, 6) is -0.634. The van der Waals surface area contributed by atoms with Crippen LogP contribution in [0.4, 0.5) is 0 Å². The Morgan fingerprint density at radius 1 is 1.68 bits per heavy atom. The Morgan fingerprint density at radius 2 is 2.47 bits per heavy atom. The van der Waals surface area contributed by atoms with Crippen molar-refractivity contribution in [1.29, 1.82) is 0 Å². The molecule has 0 bridgehead atoms. The number of piperidine rings is 1. The third-order valence-electron chi connectivity index (χ3n) is 4.15. The molecule has 2 heterocycles. The Bertz CT molecular complexity index is 417. The van der Waals surface area contributed by atoms with Gasteiger partial charge in [0.15, 0.2) is 0 Å². The van der Waals surface area contributed by atoms with Gasteiger partial charge >= 0.3 is 5.97 Å². The molecule has 0 radical (unpaired) electrons. The Kier molecular flexibility index (Phi) is 4.58. The van der Waals surface area contributed by atoms with Gasteiger partial charge in [0.05, 0.1) is 11.5 Å². The average Bonchev–Trinajstić information content (AvgIpc) is 2.92. The van der Waals surface area contributed by atoms with Gasteiger partial charge in [-0.05, 0) is 32.7 Å². The van der Waals surface area contributed by atoms with Crippen molar-refractivity contribution < 1.29 is 9.90 Å². The lowest BCUT2D eigenvalue weighted by Crippen LogP contribution is -2.48. The summed E-state index contributed by atoms with van der Waals surface area (Å²) in [6, 6.07) is 0.218. The summed E-state index contributed by atoms with van der Waals surface area (Å²) in [6.07, 6.45) is 5.27. The molecule has 2 unspecified atom stereocenters. The first-order valence-electron chi connectivity index (χ1n) is 6.96. The molecule has 1 fully saturated rings. The molecule has 5 heteroatoms. The van der Waals surface area contributed by atoms with Crippen molar-refractivity contribution in [3.63, 3.8) is 0 Å². The summed E-state index contributed by atoms with van der Waals surface area (Å²) in [7, 11) is 0. The van der Waals surface area contributed by atoms with Gasteiger partial charge in [-0.3, -0.25) is 9.69 Å². The number of aromatic nitrogens is 1. The summed E-state index contributed by atoms with van der Waals surface area (Å²) in [5, 5.41) is 12.7. The molecule has 1 saturated heterocycles. The van der Waals surface area contributed by atoms with E-state index in [2.05, 4.69) is 23.7 Å². The van der Waals surface area contributed by atoms with Crippen LogP contribution in [0.15, 0.2) is 11.6 Å². The molecule has 0 aliphatic carbocycles. The van der Waals surface area contributed by atoms with Crippen LogP contribution >= 0.6 is 11.3 Å². The van der Waals surface area contributed by atoms with E-state index >= 15 is 0 Å². The van der Waals surface area contributed by atoms with Gasteiger partial charge in [0.25, 0.3) is 0 Å². The zero-order chi connectivity index (χ0) is 13.9. The van der Waals surface area contributed by atoms with Crippen molar-refractivity contribution in [2.75, 3.05) is 13.1 Å². The maximum atomic E-state index is 11.7. The van der Waals surface area contributed by atoms with Crippen LogP contribution in [-0.4, -0.2) is 34.0 Å². The number of thiazole rings is 1. The van der Waals surface area contributed by atoms with Crippen LogP contribution < -0.4 is 0 Å². The SMILES string of the molecule is CCCC1(C(=O)O)CCCN(C(C)c2nccs2)C1. The van der Waals surface area contributed by atoms with E-state index in [0.29, 0.717) is 6.54 Å². The van der Waals surface area contributed by atoms with Gasteiger partial charge in [0.1, 0.15) is 5.01 Å². The molecule has 0 aromatic carbocycles. The van der Waals surface area contributed by atoms with Gasteiger partial charge in [-0.25, -0.2) is 4.98 Å². The largest absolute Gasteiger partial charge is 0.481 e. The van der Waals surface area contributed by atoms with Gasteiger partial charge in [0.2, 0.25) is 0 Å². The van der Waals surface area contributed by atoms with E-state index in [-0.39, 0.29) is 6.04 Å². The summed E-state index contributed by atoms with van der Waals surface area (Å²) in [6.45, 7) is 5.81. The fourth-order valence-corrected chi connectivity index (χ4v) is 3.79. The first-order chi connectivity index (χ1) is 9.09. The van der Waals surface area contributed by atoms with Gasteiger partial charge < -0.3 is 5.11 Å². The molecule has 1 aliphatic heterocycles. The van der Waals surface area contributed by atoms with Gasteiger partial charge in [0, 0.05) is 18.1 Å². The molecule has 4 nitrogen and oxygen atoms in total. The Labute approximate surface area is 118 Å². The Hall–Kier alpha value is -0.940. The fraction of sp³-hybridized carbons (Fsp3) is 0.714. The molecule has 0 amide bonds. The third kappa shape index (κ3) is 2.98. The zero-order valence-electron chi connectivity index (χ0n) is 11.6. The molecule has 0 spiro atoms. The fourth-order valence-electron chi connectivity index (χ4n) is 3.06. The quantitative estimate of drug-likeness (QED) is 0.901. The molecular weight excluding hydrogens is 260 g/mol. The van der Waals surface area contributed by atoms with Gasteiger partial charge in [-0.15, -0.1) is 11.3 Å². The molecule has 1 aliphatic rings. The second-order valence-electron chi connectivity index (χ2n) is 5.46. The lowest BCUT2D eigenvalue weighted by atomic mass is 9.76. The number of carboxylic acid groups (broad SMARTS) is 1. The second-order valence-corrected chi connectivity index (χ2v) is 6.38. The van der Waals surface area contributed by atoms with E-state index in [0.717, 1.165) is 37.2 Å². The zero-order valence-corrected chi connectivity index (χ0v) is 12.4. The minimum absolute atomic E-state index is 0.218. The summed E-state index contributed by atoms with van der Waals surface area (Å²) >= 11 is 1.65. The highest BCUT2D eigenvalue weighted by Gasteiger charge is 2.42. The smallest absolute Gasteiger partial charge is 0.310 e. The minimum Gasteiger partial charge on any atom is -0.481 e. The molecule has 1 aromatic rings. The second kappa shape index (κ2) is 6.01. The number of aliphatic carboxylic acids is 1. The summed E-state index contributed by atoms with van der Waals surface area (Å²) in [4.78, 5) is 18.3. The molecule has 19 heavy (non-hydrogen) atoms. The molecule has 2 rings (SSSR count). The Balaban J connectivity index is 2.13. The maximum absolute atomic E-state index is 11.7. The molecule has 1 N–H and O–H groups in total. The first kappa shape index (κ1) is 14.5. The summed E-state index contributed by atoms with van der Waals surface area (Å²) < 4.78 is 0. The van der Waals surface area contributed by atoms with E-state index in [4.69, 9.17) is 0 Å². The van der Waals surface area contributed by atoms with Gasteiger partial charge in [-0.2, -0.15) is 0 Å². The lowest BCUT2D eigenvalue weighted by Gasteiger charge is -2.42. The van der Waals surface area contributed by atoms with Crippen molar-refractivity contribution in [3.8, 4) is 0 Å². The molecule has 106 valence electrons. The van der Waals surface area contributed by atoms with Crippen LogP contribution in [0, 0.1) is 5.41 Å². The number of carboxylic acids is 1. The predicted molar refractivity (Wildman–Crippen MR) is 76.3 cm³/mol. The van der Waals surface area contributed by atoms with E-state index in [1.807, 2.05) is 11.6 Å². The lowest BCUT2D eigenvalue weighted by molar-refractivity contribution is -0.154. The highest BCUT2D eigenvalue weighted by atomic mass is 32.1. The van der Waals surface area contributed by atoms with E-state index in [9.17, 15) is 9.90 Å². The predicted octanol–water partition coefficient (Wildman–Crippen LogP) is 3.17. The summed E-state index contributed by atoms with van der Waals surface area (Å²) in [5.41, 5.74) is -0.557. The number of carbonyl (C=O) groups is 1. The average molecular weight is 282 g/mol. The van der Waals surface area contributed by atoms with Gasteiger partial charge in [-0.1, -0.05) is 13.3 Å². The van der Waals surface area contributed by atoms with Crippen LogP contribution in [-0.2, 0) is 4.79 Å². The molecule has 0 saturated carbocycles.